The molecule has 1 fully saturated rings. The molecule has 0 bridgehead atoms. The number of methoxy groups -OCH3 is 1. The summed E-state index contributed by atoms with van der Waals surface area (Å²) in [5.41, 5.74) is 1.36. The molecule has 1 aliphatic rings. The van der Waals surface area contributed by atoms with Crippen LogP contribution in [0.3, 0.4) is 0 Å². The van der Waals surface area contributed by atoms with Crippen molar-refractivity contribution in [3.63, 3.8) is 0 Å². The van der Waals surface area contributed by atoms with Crippen LogP contribution in [0, 0.1) is 11.8 Å². The molecule has 19 heavy (non-hydrogen) atoms. The van der Waals surface area contributed by atoms with Gasteiger partial charge in [-0.05, 0) is 68.3 Å². The molecule has 3 heteroatoms. The Bertz CT molecular complexity index is 421. The molecule has 0 aromatic heterocycles. The maximum atomic E-state index is 5.34. The van der Waals surface area contributed by atoms with Crippen LogP contribution in [-0.4, -0.2) is 20.2 Å². The number of benzene rings is 1. The fraction of sp³-hybridized carbons (Fsp3) is 0.625. The molecule has 106 valence electrons. The van der Waals surface area contributed by atoms with Crippen LogP contribution in [-0.2, 0) is 6.42 Å². The van der Waals surface area contributed by atoms with Gasteiger partial charge in [0.25, 0.3) is 0 Å². The molecule has 0 amide bonds. The van der Waals surface area contributed by atoms with Gasteiger partial charge < -0.3 is 10.1 Å². The fourth-order valence-electron chi connectivity index (χ4n) is 3.22. The van der Waals surface area contributed by atoms with Crippen molar-refractivity contribution in [1.82, 2.24) is 5.32 Å². The van der Waals surface area contributed by atoms with E-state index in [1.807, 2.05) is 6.07 Å². The first kappa shape index (κ1) is 14.9. The van der Waals surface area contributed by atoms with E-state index in [1.54, 1.807) is 7.11 Å². The number of nitrogens with one attached hydrogen (secondary N) is 1. The van der Waals surface area contributed by atoms with E-state index in [4.69, 9.17) is 4.74 Å². The molecular weight excluding hydrogens is 302 g/mol. The Kier molecular flexibility index (Phi) is 5.28. The molecule has 3 atom stereocenters. The molecule has 3 unspecified atom stereocenters. The lowest BCUT2D eigenvalue weighted by atomic mass is 9.76. The van der Waals surface area contributed by atoms with Crippen molar-refractivity contribution < 1.29 is 4.74 Å². The molecule has 2 rings (SSSR count). The molecule has 1 N–H and O–H groups in total. The lowest BCUT2D eigenvalue weighted by molar-refractivity contribution is 0.220. The molecule has 1 saturated carbocycles. The molecule has 2 nitrogen and oxygen atoms in total. The third kappa shape index (κ3) is 3.73. The van der Waals surface area contributed by atoms with Crippen LogP contribution in [0.1, 0.15) is 31.7 Å². The predicted molar refractivity (Wildman–Crippen MR) is 83.8 cm³/mol. The van der Waals surface area contributed by atoms with E-state index < -0.39 is 0 Å². The van der Waals surface area contributed by atoms with Crippen LogP contribution in [0.5, 0.6) is 5.75 Å². The maximum Gasteiger partial charge on any atom is 0.119 e. The first-order valence-electron chi connectivity index (χ1n) is 7.13. The number of ether oxygens (including phenoxy) is 1. The summed E-state index contributed by atoms with van der Waals surface area (Å²) in [6, 6.07) is 6.91. The minimum atomic E-state index is 0.648. The van der Waals surface area contributed by atoms with E-state index in [-0.39, 0.29) is 0 Å². The zero-order valence-electron chi connectivity index (χ0n) is 12.1. The topological polar surface area (TPSA) is 21.3 Å². The summed E-state index contributed by atoms with van der Waals surface area (Å²) < 4.78 is 6.53. The zero-order valence-corrected chi connectivity index (χ0v) is 13.7. The summed E-state index contributed by atoms with van der Waals surface area (Å²) in [6.07, 6.45) is 5.08. The number of halogens is 1. The van der Waals surface area contributed by atoms with Gasteiger partial charge in [0, 0.05) is 10.5 Å². The van der Waals surface area contributed by atoms with E-state index >= 15 is 0 Å². The molecule has 0 saturated heterocycles. The van der Waals surface area contributed by atoms with Gasteiger partial charge in [-0.15, -0.1) is 0 Å². The predicted octanol–water partition coefficient (Wildman–Crippen LogP) is 4.02. The Morgan fingerprint density at radius 3 is 2.84 bits per heavy atom. The van der Waals surface area contributed by atoms with E-state index in [0.29, 0.717) is 6.04 Å². The van der Waals surface area contributed by atoms with Crippen LogP contribution in [0.15, 0.2) is 22.7 Å². The highest BCUT2D eigenvalue weighted by atomic mass is 79.9. The van der Waals surface area contributed by atoms with Crippen molar-refractivity contribution in [2.24, 2.45) is 11.8 Å². The van der Waals surface area contributed by atoms with Gasteiger partial charge in [0.05, 0.1) is 7.11 Å². The lowest BCUT2D eigenvalue weighted by Gasteiger charge is -2.35. The van der Waals surface area contributed by atoms with Crippen LogP contribution in [0.25, 0.3) is 0 Å². The second-order valence-corrected chi connectivity index (χ2v) is 6.59. The zero-order chi connectivity index (χ0) is 13.8. The van der Waals surface area contributed by atoms with Crippen molar-refractivity contribution in [3.8, 4) is 5.75 Å². The van der Waals surface area contributed by atoms with Crippen molar-refractivity contribution >= 4 is 15.9 Å². The maximum absolute atomic E-state index is 5.34. The fourth-order valence-corrected chi connectivity index (χ4v) is 3.63. The van der Waals surface area contributed by atoms with Gasteiger partial charge in [0.2, 0.25) is 0 Å². The second-order valence-electron chi connectivity index (χ2n) is 5.73. The smallest absolute Gasteiger partial charge is 0.119 e. The molecule has 1 aromatic rings. The summed E-state index contributed by atoms with van der Waals surface area (Å²) in [6.45, 7) is 2.37. The molecule has 0 radical (unpaired) electrons. The average Bonchev–Trinajstić information content (AvgIpc) is 2.41. The van der Waals surface area contributed by atoms with Crippen molar-refractivity contribution in [2.75, 3.05) is 14.2 Å². The molecule has 1 aliphatic carbocycles. The molecule has 1 aromatic carbocycles. The average molecular weight is 326 g/mol. The van der Waals surface area contributed by atoms with Gasteiger partial charge in [0.1, 0.15) is 5.75 Å². The van der Waals surface area contributed by atoms with Crippen LogP contribution < -0.4 is 10.1 Å². The van der Waals surface area contributed by atoms with Gasteiger partial charge >= 0.3 is 0 Å². The highest BCUT2D eigenvalue weighted by Crippen LogP contribution is 2.34. The molecule has 0 spiro atoms. The van der Waals surface area contributed by atoms with Crippen molar-refractivity contribution in [3.05, 3.63) is 28.2 Å². The normalized spacial score (nSPS) is 27.3. The number of rotatable bonds is 4. The highest BCUT2D eigenvalue weighted by molar-refractivity contribution is 9.10. The van der Waals surface area contributed by atoms with Gasteiger partial charge in [-0.2, -0.15) is 0 Å². The SMILES string of the molecule is CNC1CCC(C)CC1Cc1cc(OC)ccc1Br. The van der Waals surface area contributed by atoms with Gasteiger partial charge in [-0.25, -0.2) is 0 Å². The van der Waals surface area contributed by atoms with Crippen LogP contribution >= 0.6 is 15.9 Å². The summed E-state index contributed by atoms with van der Waals surface area (Å²) in [7, 11) is 3.82. The third-order valence-electron chi connectivity index (χ3n) is 4.35. The van der Waals surface area contributed by atoms with E-state index in [1.165, 1.54) is 29.3 Å². The van der Waals surface area contributed by atoms with Crippen LogP contribution in [0.2, 0.25) is 0 Å². The first-order chi connectivity index (χ1) is 9.13. The van der Waals surface area contributed by atoms with E-state index in [2.05, 4.69) is 47.4 Å². The van der Waals surface area contributed by atoms with Crippen molar-refractivity contribution in [1.29, 1.82) is 0 Å². The molecule has 0 heterocycles. The number of hydrogen-bond donors (Lipinski definition) is 1. The lowest BCUT2D eigenvalue weighted by Crippen LogP contribution is -2.39. The summed E-state index contributed by atoms with van der Waals surface area (Å²) in [5.74, 6) is 2.51. The largest absolute Gasteiger partial charge is 0.497 e. The van der Waals surface area contributed by atoms with E-state index in [9.17, 15) is 0 Å². The van der Waals surface area contributed by atoms with Gasteiger partial charge in [0.15, 0.2) is 0 Å². The standard InChI is InChI=1S/C16H24BrNO/c1-11-4-7-16(18-2)13(8-11)9-12-10-14(19-3)5-6-15(12)17/h5-6,10-11,13,16,18H,4,7-9H2,1-3H3. The van der Waals surface area contributed by atoms with Crippen molar-refractivity contribution in [2.45, 2.75) is 38.6 Å². The second kappa shape index (κ2) is 6.76. The minimum Gasteiger partial charge on any atom is -0.497 e. The first-order valence-corrected chi connectivity index (χ1v) is 7.93. The quantitative estimate of drug-likeness (QED) is 0.902. The monoisotopic (exact) mass is 325 g/mol. The summed E-state index contributed by atoms with van der Waals surface area (Å²) >= 11 is 3.67. The summed E-state index contributed by atoms with van der Waals surface area (Å²) in [4.78, 5) is 0. The molecular formula is C16H24BrNO. The Hall–Kier alpha value is -0.540. The third-order valence-corrected chi connectivity index (χ3v) is 5.12. The van der Waals surface area contributed by atoms with Gasteiger partial charge in [-0.3, -0.25) is 0 Å². The van der Waals surface area contributed by atoms with E-state index in [0.717, 1.165) is 24.0 Å². The molecule has 0 aliphatic heterocycles. The Labute approximate surface area is 125 Å². The Morgan fingerprint density at radius 2 is 2.16 bits per heavy atom. The summed E-state index contributed by atoms with van der Waals surface area (Å²) in [5, 5.41) is 3.50. The number of hydrogen-bond acceptors (Lipinski definition) is 2. The Morgan fingerprint density at radius 1 is 1.37 bits per heavy atom. The Balaban J connectivity index is 2.14. The highest BCUT2D eigenvalue weighted by Gasteiger charge is 2.28. The van der Waals surface area contributed by atoms with Gasteiger partial charge in [-0.1, -0.05) is 22.9 Å². The van der Waals surface area contributed by atoms with Crippen LogP contribution in [0.4, 0.5) is 0 Å². The minimum absolute atomic E-state index is 0.648.